The largest absolute Gasteiger partial charge is 0.351 e. The van der Waals surface area contributed by atoms with Gasteiger partial charge >= 0.3 is 0 Å². The summed E-state index contributed by atoms with van der Waals surface area (Å²) in [6.45, 7) is 1.59. The molecule has 3 N–H and O–H groups in total. The van der Waals surface area contributed by atoms with Gasteiger partial charge in [-0.25, -0.2) is 4.39 Å². The van der Waals surface area contributed by atoms with Gasteiger partial charge in [-0.3, -0.25) is 9.59 Å². The topological polar surface area (TPSA) is 70.2 Å². The summed E-state index contributed by atoms with van der Waals surface area (Å²) in [7, 11) is 0. The molecule has 1 aromatic carbocycles. The lowest BCUT2D eigenvalue weighted by Gasteiger charge is -2.19. The molecule has 24 heavy (non-hydrogen) atoms. The van der Waals surface area contributed by atoms with Gasteiger partial charge < -0.3 is 16.0 Å². The first-order valence-corrected chi connectivity index (χ1v) is 8.65. The SMILES string of the molecule is O=C(CCNC(=O)c1cccs1)Nc1ccc2c(c1F)CCNC2. The quantitative estimate of drug-likeness (QED) is 0.777. The number of carbonyl (C=O) groups is 2. The number of halogens is 1. The van der Waals surface area contributed by atoms with E-state index in [9.17, 15) is 14.0 Å². The fraction of sp³-hybridized carbons (Fsp3) is 0.294. The first-order chi connectivity index (χ1) is 11.6. The van der Waals surface area contributed by atoms with E-state index in [1.807, 2.05) is 11.4 Å². The summed E-state index contributed by atoms with van der Waals surface area (Å²) in [5.41, 5.74) is 1.79. The van der Waals surface area contributed by atoms with Crippen LogP contribution in [0.1, 0.15) is 27.2 Å². The number of anilines is 1. The van der Waals surface area contributed by atoms with Crippen molar-refractivity contribution in [2.24, 2.45) is 0 Å². The maximum Gasteiger partial charge on any atom is 0.261 e. The van der Waals surface area contributed by atoms with E-state index >= 15 is 0 Å². The fourth-order valence-electron chi connectivity index (χ4n) is 2.63. The highest BCUT2D eigenvalue weighted by Gasteiger charge is 2.17. The van der Waals surface area contributed by atoms with E-state index in [1.54, 1.807) is 18.2 Å². The van der Waals surface area contributed by atoms with Crippen molar-refractivity contribution in [3.05, 3.63) is 51.5 Å². The van der Waals surface area contributed by atoms with Gasteiger partial charge in [-0.05, 0) is 41.6 Å². The van der Waals surface area contributed by atoms with Gasteiger partial charge in [0.25, 0.3) is 5.91 Å². The normalized spacial score (nSPS) is 13.2. The first kappa shape index (κ1) is 16.6. The molecule has 5 nitrogen and oxygen atoms in total. The molecule has 1 aliphatic rings. The van der Waals surface area contributed by atoms with Crippen LogP contribution < -0.4 is 16.0 Å². The van der Waals surface area contributed by atoms with Gasteiger partial charge in [0.1, 0.15) is 5.82 Å². The summed E-state index contributed by atoms with van der Waals surface area (Å²) < 4.78 is 14.4. The number of thiophene rings is 1. The average molecular weight is 347 g/mol. The second-order valence-corrected chi connectivity index (χ2v) is 6.47. The molecule has 3 rings (SSSR count). The minimum atomic E-state index is -0.357. The molecule has 0 unspecified atom stereocenters. The van der Waals surface area contributed by atoms with Crippen LogP contribution in [0.3, 0.4) is 0 Å². The Balaban J connectivity index is 1.53. The van der Waals surface area contributed by atoms with Crippen LogP contribution in [0.4, 0.5) is 10.1 Å². The number of fused-ring (bicyclic) bond motifs is 1. The lowest BCUT2D eigenvalue weighted by atomic mass is 9.99. The Morgan fingerprint density at radius 3 is 2.96 bits per heavy atom. The molecule has 0 spiro atoms. The molecule has 0 bridgehead atoms. The highest BCUT2D eigenvalue weighted by atomic mass is 32.1. The van der Waals surface area contributed by atoms with Gasteiger partial charge in [0, 0.05) is 19.5 Å². The van der Waals surface area contributed by atoms with Crippen LogP contribution in [0.15, 0.2) is 29.6 Å². The van der Waals surface area contributed by atoms with Crippen LogP contribution >= 0.6 is 11.3 Å². The van der Waals surface area contributed by atoms with Crippen molar-refractivity contribution in [1.29, 1.82) is 0 Å². The molecule has 0 aliphatic carbocycles. The second-order valence-electron chi connectivity index (χ2n) is 5.52. The van der Waals surface area contributed by atoms with Crippen molar-refractivity contribution in [2.45, 2.75) is 19.4 Å². The smallest absolute Gasteiger partial charge is 0.261 e. The van der Waals surface area contributed by atoms with Gasteiger partial charge in [-0.2, -0.15) is 0 Å². The zero-order valence-corrected chi connectivity index (χ0v) is 13.8. The summed E-state index contributed by atoms with van der Waals surface area (Å²) >= 11 is 1.34. The molecule has 0 radical (unpaired) electrons. The lowest BCUT2D eigenvalue weighted by Crippen LogP contribution is -2.28. The molecule has 0 atom stereocenters. The maximum atomic E-state index is 14.4. The van der Waals surface area contributed by atoms with E-state index in [0.29, 0.717) is 23.4 Å². The first-order valence-electron chi connectivity index (χ1n) is 7.77. The average Bonchev–Trinajstić information content (AvgIpc) is 3.12. The van der Waals surface area contributed by atoms with Gasteiger partial charge in [0.05, 0.1) is 10.6 Å². The van der Waals surface area contributed by atoms with Crippen LogP contribution in [0.2, 0.25) is 0 Å². The number of nitrogens with one attached hydrogen (secondary N) is 3. The van der Waals surface area contributed by atoms with Crippen molar-refractivity contribution >= 4 is 28.8 Å². The Morgan fingerprint density at radius 2 is 2.17 bits per heavy atom. The van der Waals surface area contributed by atoms with Gasteiger partial charge in [-0.1, -0.05) is 12.1 Å². The molecule has 1 aromatic heterocycles. The third kappa shape index (κ3) is 3.80. The van der Waals surface area contributed by atoms with Gasteiger partial charge in [-0.15, -0.1) is 11.3 Å². The molecular weight excluding hydrogens is 329 g/mol. The Morgan fingerprint density at radius 1 is 1.29 bits per heavy atom. The second kappa shape index (κ2) is 7.55. The Hall–Kier alpha value is -2.25. The van der Waals surface area contributed by atoms with Crippen LogP contribution in [-0.2, 0) is 17.8 Å². The molecule has 126 valence electrons. The molecule has 0 saturated carbocycles. The molecule has 2 aromatic rings. The number of rotatable bonds is 5. The predicted molar refractivity (Wildman–Crippen MR) is 91.7 cm³/mol. The number of amides is 2. The number of carbonyl (C=O) groups excluding carboxylic acids is 2. The van der Waals surface area contributed by atoms with E-state index in [0.717, 1.165) is 12.1 Å². The van der Waals surface area contributed by atoms with Crippen molar-refractivity contribution in [2.75, 3.05) is 18.4 Å². The highest BCUT2D eigenvalue weighted by molar-refractivity contribution is 7.12. The van der Waals surface area contributed by atoms with Crippen molar-refractivity contribution in [3.63, 3.8) is 0 Å². The predicted octanol–water partition coefficient (Wildman–Crippen LogP) is 2.29. The van der Waals surface area contributed by atoms with Crippen molar-refractivity contribution in [3.8, 4) is 0 Å². The van der Waals surface area contributed by atoms with E-state index in [1.165, 1.54) is 11.3 Å². The summed E-state index contributed by atoms with van der Waals surface area (Å²) in [5.74, 6) is -0.885. The number of hydrogen-bond donors (Lipinski definition) is 3. The van der Waals surface area contributed by atoms with Crippen molar-refractivity contribution < 1.29 is 14.0 Å². The summed E-state index contributed by atoms with van der Waals surface area (Å²) in [6, 6.07) is 6.93. The van der Waals surface area contributed by atoms with E-state index in [-0.39, 0.29) is 36.3 Å². The Bertz CT molecular complexity index is 747. The molecule has 0 saturated heterocycles. The number of benzene rings is 1. The molecule has 7 heteroatoms. The maximum absolute atomic E-state index is 14.4. The zero-order chi connectivity index (χ0) is 16.9. The minimum Gasteiger partial charge on any atom is -0.351 e. The van der Waals surface area contributed by atoms with Crippen LogP contribution in [0.25, 0.3) is 0 Å². The molecule has 2 amide bonds. The molecular formula is C17H18FN3O2S. The number of hydrogen-bond acceptors (Lipinski definition) is 4. The Labute approximate surface area is 143 Å². The third-order valence-electron chi connectivity index (χ3n) is 3.86. The Kier molecular flexibility index (Phi) is 5.22. The van der Waals surface area contributed by atoms with E-state index in [2.05, 4.69) is 16.0 Å². The summed E-state index contributed by atoms with van der Waals surface area (Å²) in [6.07, 6.45) is 0.705. The standard InChI is InChI=1S/C17H18FN3O2S/c18-16-12-5-7-19-10-11(12)3-4-13(16)21-15(22)6-8-20-17(23)14-2-1-9-24-14/h1-4,9,19H,5-8,10H2,(H,20,23)(H,21,22). The van der Waals surface area contributed by atoms with Gasteiger partial charge in [0.15, 0.2) is 0 Å². The molecule has 2 heterocycles. The van der Waals surface area contributed by atoms with Crippen LogP contribution in [0.5, 0.6) is 0 Å². The van der Waals surface area contributed by atoms with Gasteiger partial charge in [0.2, 0.25) is 5.91 Å². The lowest BCUT2D eigenvalue weighted by molar-refractivity contribution is -0.116. The van der Waals surface area contributed by atoms with E-state index < -0.39 is 0 Å². The monoisotopic (exact) mass is 347 g/mol. The summed E-state index contributed by atoms with van der Waals surface area (Å²) in [4.78, 5) is 24.3. The third-order valence-corrected chi connectivity index (χ3v) is 4.73. The fourth-order valence-corrected chi connectivity index (χ4v) is 3.27. The molecule has 1 aliphatic heterocycles. The minimum absolute atomic E-state index is 0.0925. The van der Waals surface area contributed by atoms with E-state index in [4.69, 9.17) is 0 Å². The van der Waals surface area contributed by atoms with Crippen LogP contribution in [0, 0.1) is 5.82 Å². The zero-order valence-electron chi connectivity index (χ0n) is 13.0. The van der Waals surface area contributed by atoms with Crippen LogP contribution in [-0.4, -0.2) is 24.9 Å². The highest BCUT2D eigenvalue weighted by Crippen LogP contribution is 2.24. The van der Waals surface area contributed by atoms with Crippen molar-refractivity contribution in [1.82, 2.24) is 10.6 Å². The summed E-state index contributed by atoms with van der Waals surface area (Å²) in [5, 5.41) is 10.3. The molecule has 0 fully saturated rings.